The van der Waals surface area contributed by atoms with Crippen LogP contribution in [0.3, 0.4) is 0 Å². The molecule has 0 atom stereocenters. The molecule has 0 amide bonds. The van der Waals surface area contributed by atoms with Crippen molar-refractivity contribution in [2.24, 2.45) is 0 Å². The van der Waals surface area contributed by atoms with E-state index in [1.54, 1.807) is 11.3 Å². The van der Waals surface area contributed by atoms with Crippen LogP contribution in [0.1, 0.15) is 23.4 Å². The number of nitrogens with zero attached hydrogens (tertiary/aromatic N) is 1. The van der Waals surface area contributed by atoms with Crippen LogP contribution in [0.15, 0.2) is 0 Å². The van der Waals surface area contributed by atoms with Crippen molar-refractivity contribution in [3.05, 3.63) is 14.9 Å². The number of thiophene rings is 1. The quantitative estimate of drug-likeness (QED) is 0.791. The summed E-state index contributed by atoms with van der Waals surface area (Å²) in [5, 5.41) is 1.03. The van der Waals surface area contributed by atoms with Gasteiger partial charge in [-0.15, -0.1) is 22.7 Å². The van der Waals surface area contributed by atoms with Gasteiger partial charge in [-0.05, 0) is 25.7 Å². The first kappa shape index (κ1) is 12.0. The third-order valence-electron chi connectivity index (χ3n) is 3.40. The number of fused-ring (bicyclic) bond motifs is 2. The van der Waals surface area contributed by atoms with Gasteiger partial charge < -0.3 is 9.47 Å². The predicted octanol–water partition coefficient (Wildman–Crippen LogP) is 4.18. The van der Waals surface area contributed by atoms with E-state index < -0.39 is 0 Å². The molecule has 3 nitrogen and oxygen atoms in total. The number of aromatic nitrogens is 1. The van der Waals surface area contributed by atoms with Gasteiger partial charge in [-0.3, -0.25) is 0 Å². The molecular weight excluding hydrogens is 302 g/mol. The number of hydrogen-bond acceptors (Lipinski definition) is 5. The first-order chi connectivity index (χ1) is 9.33. The molecular formula is C13H12ClNO2S2. The van der Waals surface area contributed by atoms with Crippen LogP contribution in [0.5, 0.6) is 11.5 Å². The Kier molecular flexibility index (Phi) is 2.94. The van der Waals surface area contributed by atoms with E-state index in [9.17, 15) is 0 Å². The Morgan fingerprint density at radius 2 is 1.79 bits per heavy atom. The number of hydrogen-bond donors (Lipinski definition) is 0. The molecule has 2 aromatic heterocycles. The molecule has 0 spiro atoms. The monoisotopic (exact) mass is 313 g/mol. The highest BCUT2D eigenvalue weighted by atomic mass is 35.5. The molecule has 0 fully saturated rings. The summed E-state index contributed by atoms with van der Waals surface area (Å²) in [5.74, 6) is 1.48. The lowest BCUT2D eigenvalue weighted by Crippen LogP contribution is -2.14. The van der Waals surface area contributed by atoms with Crippen molar-refractivity contribution in [2.45, 2.75) is 25.7 Å². The number of aryl methyl sites for hydroxylation is 2. The van der Waals surface area contributed by atoms with E-state index in [4.69, 9.17) is 26.1 Å². The average molecular weight is 314 g/mol. The summed E-state index contributed by atoms with van der Waals surface area (Å²) < 4.78 is 12.0. The zero-order valence-corrected chi connectivity index (χ0v) is 12.6. The van der Waals surface area contributed by atoms with Crippen molar-refractivity contribution in [1.29, 1.82) is 0 Å². The van der Waals surface area contributed by atoms with E-state index in [1.807, 2.05) is 0 Å². The van der Waals surface area contributed by atoms with Crippen LogP contribution < -0.4 is 9.47 Å². The molecule has 2 aliphatic rings. The average Bonchev–Trinajstić information content (AvgIpc) is 3.01. The van der Waals surface area contributed by atoms with Gasteiger partial charge in [0.05, 0.1) is 5.69 Å². The van der Waals surface area contributed by atoms with Crippen molar-refractivity contribution in [3.63, 3.8) is 0 Å². The van der Waals surface area contributed by atoms with Gasteiger partial charge in [0.25, 0.3) is 0 Å². The van der Waals surface area contributed by atoms with Gasteiger partial charge >= 0.3 is 0 Å². The van der Waals surface area contributed by atoms with E-state index in [0.717, 1.165) is 28.5 Å². The van der Waals surface area contributed by atoms with Crippen LogP contribution in [-0.2, 0) is 12.8 Å². The molecule has 0 unspecified atom stereocenters. The minimum atomic E-state index is 0.567. The molecule has 19 heavy (non-hydrogen) atoms. The molecule has 100 valence electrons. The third-order valence-corrected chi connectivity index (χ3v) is 6.05. The van der Waals surface area contributed by atoms with E-state index in [-0.39, 0.29) is 0 Å². The topological polar surface area (TPSA) is 31.4 Å². The number of ether oxygens (including phenoxy) is 2. The fourth-order valence-electron chi connectivity index (χ4n) is 2.51. The minimum absolute atomic E-state index is 0.567. The largest absolute Gasteiger partial charge is 0.484 e. The smallest absolute Gasteiger partial charge is 0.191 e. The molecule has 0 radical (unpaired) electrons. The molecule has 0 aromatic carbocycles. The van der Waals surface area contributed by atoms with Crippen molar-refractivity contribution in [3.8, 4) is 21.4 Å². The summed E-state index contributed by atoms with van der Waals surface area (Å²) in [6.07, 6.45) is 4.78. The molecule has 0 saturated carbocycles. The minimum Gasteiger partial charge on any atom is -0.484 e. The second-order valence-corrected chi connectivity index (χ2v) is 7.36. The summed E-state index contributed by atoms with van der Waals surface area (Å²) in [6, 6.07) is 0. The molecule has 4 rings (SSSR count). The Morgan fingerprint density at radius 3 is 2.63 bits per heavy atom. The molecule has 1 aliphatic heterocycles. The van der Waals surface area contributed by atoms with Gasteiger partial charge in [0.1, 0.15) is 27.4 Å². The summed E-state index contributed by atoms with van der Waals surface area (Å²) in [4.78, 5) is 7.23. The van der Waals surface area contributed by atoms with E-state index in [1.165, 1.54) is 34.7 Å². The highest BCUT2D eigenvalue weighted by molar-refractivity contribution is 7.24. The Labute approximate surface area is 124 Å². The van der Waals surface area contributed by atoms with Crippen LogP contribution in [0.4, 0.5) is 0 Å². The first-order valence-corrected chi connectivity index (χ1v) is 8.41. The first-order valence-electron chi connectivity index (χ1n) is 6.40. The molecule has 0 bridgehead atoms. The van der Waals surface area contributed by atoms with Gasteiger partial charge in [-0.25, -0.2) is 4.98 Å². The Hall–Kier alpha value is -0.780. The lowest BCUT2D eigenvalue weighted by molar-refractivity contribution is 0.174. The molecule has 0 N–H and O–H groups in total. The summed E-state index contributed by atoms with van der Waals surface area (Å²) in [5.41, 5.74) is 1.27. The SMILES string of the molecule is Clc1sc(-c2nc3c(s2)CCCC3)c2c1OCCO2. The lowest BCUT2D eigenvalue weighted by atomic mass is 10.0. The number of rotatable bonds is 1. The molecule has 0 saturated heterocycles. The van der Waals surface area contributed by atoms with E-state index >= 15 is 0 Å². The van der Waals surface area contributed by atoms with Gasteiger partial charge in [0.15, 0.2) is 11.5 Å². The molecule has 3 heterocycles. The van der Waals surface area contributed by atoms with Gasteiger partial charge in [0.2, 0.25) is 0 Å². The maximum Gasteiger partial charge on any atom is 0.191 e. The maximum atomic E-state index is 6.23. The number of halogens is 1. The highest BCUT2D eigenvalue weighted by Crippen LogP contribution is 2.52. The normalized spacial score (nSPS) is 17.3. The van der Waals surface area contributed by atoms with Crippen LogP contribution in [0.2, 0.25) is 4.34 Å². The highest BCUT2D eigenvalue weighted by Gasteiger charge is 2.27. The fourth-order valence-corrected chi connectivity index (χ4v) is 5.01. The maximum absolute atomic E-state index is 6.23. The second kappa shape index (κ2) is 4.65. The van der Waals surface area contributed by atoms with Crippen LogP contribution in [0.25, 0.3) is 9.88 Å². The zero-order valence-electron chi connectivity index (χ0n) is 10.2. The van der Waals surface area contributed by atoms with Crippen LogP contribution in [0, 0.1) is 0 Å². The Bertz CT molecular complexity index is 611. The Balaban J connectivity index is 1.82. The summed E-state index contributed by atoms with van der Waals surface area (Å²) in [7, 11) is 0. The van der Waals surface area contributed by atoms with Crippen molar-refractivity contribution >= 4 is 34.3 Å². The third kappa shape index (κ3) is 1.95. The van der Waals surface area contributed by atoms with Crippen molar-refractivity contribution in [2.75, 3.05) is 13.2 Å². The summed E-state index contributed by atoms with van der Waals surface area (Å²) >= 11 is 9.52. The zero-order chi connectivity index (χ0) is 12.8. The van der Waals surface area contributed by atoms with E-state index in [2.05, 4.69) is 0 Å². The standard InChI is InChI=1S/C13H12ClNO2S2/c14-12-10-9(16-5-6-17-10)11(19-12)13-15-7-3-1-2-4-8(7)18-13/h1-6H2. The van der Waals surface area contributed by atoms with Gasteiger partial charge in [0, 0.05) is 4.88 Å². The van der Waals surface area contributed by atoms with Gasteiger partial charge in [-0.1, -0.05) is 11.6 Å². The fraction of sp³-hybridized carbons (Fsp3) is 0.462. The second-order valence-electron chi connectivity index (χ2n) is 4.66. The van der Waals surface area contributed by atoms with E-state index in [0.29, 0.717) is 23.3 Å². The molecule has 1 aliphatic carbocycles. The van der Waals surface area contributed by atoms with Gasteiger partial charge in [-0.2, -0.15) is 0 Å². The van der Waals surface area contributed by atoms with Crippen molar-refractivity contribution < 1.29 is 9.47 Å². The van der Waals surface area contributed by atoms with Crippen molar-refractivity contribution in [1.82, 2.24) is 4.98 Å². The molecule has 6 heteroatoms. The Morgan fingerprint density at radius 1 is 1.00 bits per heavy atom. The number of thiazole rings is 1. The summed E-state index contributed by atoms with van der Waals surface area (Å²) in [6.45, 7) is 1.15. The lowest BCUT2D eigenvalue weighted by Gasteiger charge is -2.15. The predicted molar refractivity (Wildman–Crippen MR) is 78.1 cm³/mol. The van der Waals surface area contributed by atoms with Crippen LogP contribution >= 0.6 is 34.3 Å². The van der Waals surface area contributed by atoms with Crippen LogP contribution in [-0.4, -0.2) is 18.2 Å². The molecule has 2 aromatic rings.